The average molecular weight is 383 g/mol. The SMILES string of the molecule is O=C(/C=C/c1cccn1-c1cccc([N+](=O)[O-])c1)c1cccc(-n2cccc2)c1. The molecule has 0 unspecified atom stereocenters. The van der Waals surface area contributed by atoms with Gasteiger partial charge in [-0.05, 0) is 54.6 Å². The van der Waals surface area contributed by atoms with Gasteiger partial charge in [-0.2, -0.15) is 0 Å². The second kappa shape index (κ2) is 7.82. The molecule has 2 heterocycles. The fourth-order valence-corrected chi connectivity index (χ4v) is 3.11. The second-order valence-corrected chi connectivity index (χ2v) is 6.42. The molecule has 0 aliphatic carbocycles. The zero-order valence-corrected chi connectivity index (χ0v) is 15.4. The molecule has 4 rings (SSSR count). The lowest BCUT2D eigenvalue weighted by Crippen LogP contribution is -1.99. The summed E-state index contributed by atoms with van der Waals surface area (Å²) in [4.78, 5) is 23.3. The number of rotatable bonds is 6. The predicted octanol–water partition coefficient (Wildman–Crippen LogP) is 5.07. The van der Waals surface area contributed by atoms with Gasteiger partial charge in [-0.25, -0.2) is 0 Å². The Hall–Kier alpha value is -4.19. The van der Waals surface area contributed by atoms with Crippen LogP contribution in [0.3, 0.4) is 0 Å². The minimum Gasteiger partial charge on any atom is -0.324 e. The molecule has 0 bridgehead atoms. The van der Waals surface area contributed by atoms with Crippen molar-refractivity contribution in [2.45, 2.75) is 0 Å². The lowest BCUT2D eigenvalue weighted by Gasteiger charge is -2.06. The van der Waals surface area contributed by atoms with Crippen LogP contribution >= 0.6 is 0 Å². The molecule has 6 heteroatoms. The van der Waals surface area contributed by atoms with Crippen molar-refractivity contribution in [1.29, 1.82) is 0 Å². The Labute approximate surface area is 167 Å². The summed E-state index contributed by atoms with van der Waals surface area (Å²) in [6, 6.07) is 21.3. The summed E-state index contributed by atoms with van der Waals surface area (Å²) in [6.45, 7) is 0. The molecule has 29 heavy (non-hydrogen) atoms. The van der Waals surface area contributed by atoms with E-state index in [9.17, 15) is 14.9 Å². The molecule has 0 fully saturated rings. The summed E-state index contributed by atoms with van der Waals surface area (Å²) in [7, 11) is 0. The number of allylic oxidation sites excluding steroid dienone is 1. The van der Waals surface area contributed by atoms with Crippen molar-refractivity contribution in [1.82, 2.24) is 9.13 Å². The molecule has 142 valence electrons. The molecule has 0 atom stereocenters. The fraction of sp³-hybridized carbons (Fsp3) is 0. The van der Waals surface area contributed by atoms with Gasteiger partial charge >= 0.3 is 0 Å². The van der Waals surface area contributed by atoms with Gasteiger partial charge in [0.2, 0.25) is 0 Å². The van der Waals surface area contributed by atoms with Crippen molar-refractivity contribution in [3.63, 3.8) is 0 Å². The molecule has 6 nitrogen and oxygen atoms in total. The monoisotopic (exact) mass is 383 g/mol. The lowest BCUT2D eigenvalue weighted by molar-refractivity contribution is -0.384. The van der Waals surface area contributed by atoms with Crippen LogP contribution < -0.4 is 0 Å². The highest BCUT2D eigenvalue weighted by Crippen LogP contribution is 2.20. The third-order valence-electron chi connectivity index (χ3n) is 4.54. The highest BCUT2D eigenvalue weighted by atomic mass is 16.6. The van der Waals surface area contributed by atoms with Gasteiger partial charge in [0.15, 0.2) is 5.78 Å². The zero-order valence-electron chi connectivity index (χ0n) is 15.4. The molecule has 0 saturated heterocycles. The third kappa shape index (κ3) is 3.91. The van der Waals surface area contributed by atoms with Crippen LogP contribution in [-0.2, 0) is 0 Å². The van der Waals surface area contributed by atoms with Crippen molar-refractivity contribution in [3.8, 4) is 11.4 Å². The minimum absolute atomic E-state index is 0.0176. The van der Waals surface area contributed by atoms with E-state index >= 15 is 0 Å². The molecule has 2 aromatic heterocycles. The molecule has 0 spiro atoms. The summed E-state index contributed by atoms with van der Waals surface area (Å²) in [5.74, 6) is -0.120. The van der Waals surface area contributed by atoms with Crippen molar-refractivity contribution in [2.24, 2.45) is 0 Å². The van der Waals surface area contributed by atoms with E-state index in [-0.39, 0.29) is 11.5 Å². The van der Waals surface area contributed by atoms with E-state index in [1.807, 2.05) is 59.4 Å². The molecule has 0 saturated carbocycles. The van der Waals surface area contributed by atoms with E-state index in [0.29, 0.717) is 11.3 Å². The van der Waals surface area contributed by atoms with Crippen LogP contribution in [0.15, 0.2) is 97.5 Å². The van der Waals surface area contributed by atoms with Crippen LogP contribution in [-0.4, -0.2) is 19.8 Å². The number of carbonyl (C=O) groups is 1. The van der Waals surface area contributed by atoms with Crippen molar-refractivity contribution in [2.75, 3.05) is 0 Å². The Morgan fingerprint density at radius 2 is 1.62 bits per heavy atom. The number of nitro groups is 1. The van der Waals surface area contributed by atoms with Gasteiger partial charge in [0, 0.05) is 47.7 Å². The number of ketones is 1. The first-order valence-corrected chi connectivity index (χ1v) is 9.00. The normalized spacial score (nSPS) is 11.0. The molecule has 0 N–H and O–H groups in total. The first kappa shape index (κ1) is 18.2. The van der Waals surface area contributed by atoms with Gasteiger partial charge in [0.25, 0.3) is 5.69 Å². The number of hydrogen-bond donors (Lipinski definition) is 0. The Kier molecular flexibility index (Phi) is 4.90. The van der Waals surface area contributed by atoms with E-state index in [2.05, 4.69) is 0 Å². The molecule has 4 aromatic rings. The van der Waals surface area contributed by atoms with Crippen LogP contribution in [0.25, 0.3) is 17.5 Å². The number of carbonyl (C=O) groups excluding carboxylic acids is 1. The predicted molar refractivity (Wildman–Crippen MR) is 112 cm³/mol. The summed E-state index contributed by atoms with van der Waals surface area (Å²) in [6.07, 6.45) is 8.87. The number of non-ortho nitro benzene ring substituents is 1. The van der Waals surface area contributed by atoms with Crippen LogP contribution in [0, 0.1) is 10.1 Å². The highest BCUT2D eigenvalue weighted by molar-refractivity contribution is 6.07. The number of aromatic nitrogens is 2. The quantitative estimate of drug-likeness (QED) is 0.202. The van der Waals surface area contributed by atoms with E-state index in [1.54, 1.807) is 35.0 Å². The van der Waals surface area contributed by atoms with Crippen LogP contribution in [0.1, 0.15) is 16.1 Å². The van der Waals surface area contributed by atoms with Gasteiger partial charge in [-0.3, -0.25) is 14.9 Å². The van der Waals surface area contributed by atoms with Crippen LogP contribution in [0.2, 0.25) is 0 Å². The van der Waals surface area contributed by atoms with Crippen LogP contribution in [0.5, 0.6) is 0 Å². The lowest BCUT2D eigenvalue weighted by atomic mass is 10.1. The molecular weight excluding hydrogens is 366 g/mol. The number of nitrogens with zero attached hydrogens (tertiary/aromatic N) is 3. The van der Waals surface area contributed by atoms with E-state index in [0.717, 1.165) is 11.4 Å². The van der Waals surface area contributed by atoms with Crippen molar-refractivity contribution in [3.05, 3.63) is 119 Å². The van der Waals surface area contributed by atoms with Crippen molar-refractivity contribution >= 4 is 17.5 Å². The second-order valence-electron chi connectivity index (χ2n) is 6.42. The Morgan fingerprint density at radius 1 is 0.862 bits per heavy atom. The summed E-state index contributed by atoms with van der Waals surface area (Å²) in [5.41, 5.74) is 2.92. The minimum atomic E-state index is -0.427. The Morgan fingerprint density at radius 3 is 2.41 bits per heavy atom. The summed E-state index contributed by atoms with van der Waals surface area (Å²) < 4.78 is 3.74. The van der Waals surface area contributed by atoms with Gasteiger partial charge in [-0.1, -0.05) is 18.2 Å². The molecule has 2 aromatic carbocycles. The maximum absolute atomic E-state index is 12.7. The number of nitro benzene ring substituents is 1. The topological polar surface area (TPSA) is 70.1 Å². The molecule has 0 aliphatic heterocycles. The maximum Gasteiger partial charge on any atom is 0.271 e. The average Bonchev–Trinajstić information content (AvgIpc) is 3.44. The third-order valence-corrected chi connectivity index (χ3v) is 4.54. The van der Waals surface area contributed by atoms with Gasteiger partial charge < -0.3 is 9.13 Å². The Balaban J connectivity index is 1.59. The summed E-state index contributed by atoms with van der Waals surface area (Å²) in [5, 5.41) is 11.0. The van der Waals surface area contributed by atoms with Crippen LogP contribution in [0.4, 0.5) is 5.69 Å². The zero-order chi connectivity index (χ0) is 20.2. The molecule has 0 amide bonds. The molecule has 0 radical (unpaired) electrons. The fourth-order valence-electron chi connectivity index (χ4n) is 3.11. The highest BCUT2D eigenvalue weighted by Gasteiger charge is 2.09. The standard InChI is InChI=1S/C23H17N3O3/c27-23(18-6-3-7-20(16-18)24-13-1-2-14-24)12-11-19-10-5-15-25(19)21-8-4-9-22(17-21)26(28)29/h1-17H/b12-11+. The number of hydrogen-bond acceptors (Lipinski definition) is 3. The Bertz CT molecular complexity index is 1200. The first-order valence-electron chi connectivity index (χ1n) is 9.00. The number of benzene rings is 2. The van der Waals surface area contributed by atoms with E-state index in [1.165, 1.54) is 18.2 Å². The first-order chi connectivity index (χ1) is 14.1. The largest absolute Gasteiger partial charge is 0.324 e. The summed E-state index contributed by atoms with van der Waals surface area (Å²) >= 11 is 0. The van der Waals surface area contributed by atoms with Gasteiger partial charge in [0.1, 0.15) is 0 Å². The van der Waals surface area contributed by atoms with E-state index in [4.69, 9.17) is 0 Å². The van der Waals surface area contributed by atoms with Gasteiger partial charge in [-0.15, -0.1) is 0 Å². The smallest absolute Gasteiger partial charge is 0.271 e. The van der Waals surface area contributed by atoms with Crippen molar-refractivity contribution < 1.29 is 9.72 Å². The maximum atomic E-state index is 12.7. The van der Waals surface area contributed by atoms with Gasteiger partial charge in [0.05, 0.1) is 10.6 Å². The molecule has 0 aliphatic rings. The van der Waals surface area contributed by atoms with E-state index < -0.39 is 4.92 Å². The molecular formula is C23H17N3O3.